The van der Waals surface area contributed by atoms with Gasteiger partial charge >= 0.3 is 0 Å². The number of allylic oxidation sites excluding steroid dienone is 1. The molecule has 0 radical (unpaired) electrons. The number of imidazole rings is 1. The first-order valence-corrected chi connectivity index (χ1v) is 3.63. The Kier molecular flexibility index (Phi) is 2.44. The van der Waals surface area contributed by atoms with E-state index in [0.29, 0.717) is 6.54 Å². The van der Waals surface area contributed by atoms with Crippen LogP contribution in [-0.2, 0) is 6.42 Å². The van der Waals surface area contributed by atoms with Crippen molar-refractivity contribution >= 4 is 5.70 Å². The first-order valence-electron chi connectivity index (χ1n) is 3.63. The average molecular weight is 151 g/mol. The van der Waals surface area contributed by atoms with Gasteiger partial charge in [-0.15, -0.1) is 0 Å². The molecule has 0 amide bonds. The highest BCUT2D eigenvalue weighted by Gasteiger charge is 1.96. The Hall–Kier alpha value is -1.09. The van der Waals surface area contributed by atoms with E-state index in [1.54, 1.807) is 6.33 Å². The molecule has 0 saturated carbocycles. The van der Waals surface area contributed by atoms with Crippen LogP contribution < -0.4 is 5.73 Å². The minimum Gasteiger partial charge on any atom is -0.330 e. The van der Waals surface area contributed by atoms with Crippen LogP contribution >= 0.6 is 0 Å². The molecular formula is C8H13N3. The zero-order valence-electron chi connectivity index (χ0n) is 6.75. The molecule has 11 heavy (non-hydrogen) atoms. The van der Waals surface area contributed by atoms with Gasteiger partial charge < -0.3 is 10.3 Å². The van der Waals surface area contributed by atoms with Crippen molar-refractivity contribution in [2.75, 3.05) is 6.54 Å². The summed E-state index contributed by atoms with van der Waals surface area (Å²) in [4.78, 5) is 4.15. The number of hydrogen-bond acceptors (Lipinski definition) is 2. The molecule has 0 aromatic carbocycles. The maximum atomic E-state index is 5.37. The molecule has 0 aliphatic rings. The molecular weight excluding hydrogens is 138 g/mol. The second-order valence-corrected chi connectivity index (χ2v) is 2.55. The second kappa shape index (κ2) is 3.34. The van der Waals surface area contributed by atoms with E-state index in [2.05, 4.69) is 11.6 Å². The molecule has 1 aromatic rings. The Morgan fingerprint density at radius 3 is 3.00 bits per heavy atom. The molecule has 1 rings (SSSR count). The Labute approximate surface area is 66.5 Å². The average Bonchev–Trinajstić information content (AvgIpc) is 2.37. The fourth-order valence-electron chi connectivity index (χ4n) is 0.849. The van der Waals surface area contributed by atoms with E-state index in [1.807, 2.05) is 17.7 Å². The fraction of sp³-hybridized carbons (Fsp3) is 0.375. The topological polar surface area (TPSA) is 43.8 Å². The molecule has 0 atom stereocenters. The van der Waals surface area contributed by atoms with Crippen molar-refractivity contribution in [3.63, 3.8) is 0 Å². The number of nitrogens with zero attached hydrogens (tertiary/aromatic N) is 2. The zero-order chi connectivity index (χ0) is 8.27. The molecule has 0 aliphatic carbocycles. The second-order valence-electron chi connectivity index (χ2n) is 2.55. The largest absolute Gasteiger partial charge is 0.330 e. The Bertz CT molecular complexity index is 250. The van der Waals surface area contributed by atoms with E-state index in [4.69, 9.17) is 5.73 Å². The number of aromatic nitrogens is 2. The monoisotopic (exact) mass is 151 g/mol. The van der Waals surface area contributed by atoms with Crippen LogP contribution in [0.4, 0.5) is 0 Å². The van der Waals surface area contributed by atoms with Gasteiger partial charge in [-0.2, -0.15) is 0 Å². The third kappa shape index (κ3) is 1.91. The van der Waals surface area contributed by atoms with Gasteiger partial charge in [0.2, 0.25) is 0 Å². The van der Waals surface area contributed by atoms with Crippen LogP contribution in [-0.4, -0.2) is 16.1 Å². The molecule has 0 fully saturated rings. The Morgan fingerprint density at radius 1 is 1.82 bits per heavy atom. The fourth-order valence-corrected chi connectivity index (χ4v) is 0.849. The van der Waals surface area contributed by atoms with Gasteiger partial charge in [0.05, 0.1) is 12.0 Å². The van der Waals surface area contributed by atoms with E-state index < -0.39 is 0 Å². The molecule has 60 valence electrons. The lowest BCUT2D eigenvalue weighted by molar-refractivity contribution is 0.934. The molecule has 0 bridgehead atoms. The molecule has 0 saturated heterocycles. The summed E-state index contributed by atoms with van der Waals surface area (Å²) in [7, 11) is 0. The van der Waals surface area contributed by atoms with Gasteiger partial charge in [-0.25, -0.2) is 4.98 Å². The quantitative estimate of drug-likeness (QED) is 0.696. The SMILES string of the molecule is C=C(C)n1cnc(CCN)c1. The van der Waals surface area contributed by atoms with E-state index in [1.165, 1.54) is 0 Å². The predicted molar refractivity (Wildman–Crippen MR) is 46.0 cm³/mol. The molecule has 0 spiro atoms. The maximum absolute atomic E-state index is 5.37. The maximum Gasteiger partial charge on any atom is 0.0992 e. The van der Waals surface area contributed by atoms with E-state index in [-0.39, 0.29) is 0 Å². The van der Waals surface area contributed by atoms with Gasteiger partial charge in [0.15, 0.2) is 0 Å². The van der Waals surface area contributed by atoms with Crippen molar-refractivity contribution in [3.05, 3.63) is 24.8 Å². The number of rotatable bonds is 3. The van der Waals surface area contributed by atoms with Crippen LogP contribution in [0.25, 0.3) is 5.70 Å². The van der Waals surface area contributed by atoms with Gasteiger partial charge in [0, 0.05) is 18.3 Å². The minimum absolute atomic E-state index is 0.646. The third-order valence-electron chi connectivity index (χ3n) is 1.48. The highest BCUT2D eigenvalue weighted by atomic mass is 15.0. The highest BCUT2D eigenvalue weighted by Crippen LogP contribution is 2.02. The van der Waals surface area contributed by atoms with E-state index in [9.17, 15) is 0 Å². The summed E-state index contributed by atoms with van der Waals surface area (Å²) in [6, 6.07) is 0. The third-order valence-corrected chi connectivity index (χ3v) is 1.48. The summed E-state index contributed by atoms with van der Waals surface area (Å²) in [6.07, 6.45) is 4.54. The normalized spacial score (nSPS) is 10.0. The van der Waals surface area contributed by atoms with Crippen LogP contribution in [0.1, 0.15) is 12.6 Å². The van der Waals surface area contributed by atoms with Crippen molar-refractivity contribution in [1.29, 1.82) is 0 Å². The standard InChI is InChI=1S/C8H13N3/c1-7(2)11-5-8(3-4-9)10-6-11/h5-6H,1,3-4,9H2,2H3. The zero-order valence-corrected chi connectivity index (χ0v) is 6.75. The number of nitrogens with two attached hydrogens (primary N) is 1. The van der Waals surface area contributed by atoms with Crippen molar-refractivity contribution < 1.29 is 0 Å². The molecule has 1 aromatic heterocycles. The van der Waals surface area contributed by atoms with Crippen LogP contribution in [0.5, 0.6) is 0 Å². The van der Waals surface area contributed by atoms with Gasteiger partial charge in [-0.1, -0.05) is 6.58 Å². The van der Waals surface area contributed by atoms with Crippen molar-refractivity contribution in [1.82, 2.24) is 9.55 Å². The molecule has 0 unspecified atom stereocenters. The molecule has 1 heterocycles. The molecule has 2 N–H and O–H groups in total. The van der Waals surface area contributed by atoms with E-state index in [0.717, 1.165) is 17.8 Å². The van der Waals surface area contributed by atoms with Crippen LogP contribution in [0.2, 0.25) is 0 Å². The molecule has 3 nitrogen and oxygen atoms in total. The summed E-state index contributed by atoms with van der Waals surface area (Å²) < 4.78 is 1.89. The number of hydrogen-bond donors (Lipinski definition) is 1. The van der Waals surface area contributed by atoms with Crippen molar-refractivity contribution in [2.45, 2.75) is 13.3 Å². The van der Waals surface area contributed by atoms with Crippen LogP contribution in [0.15, 0.2) is 19.1 Å². The summed E-state index contributed by atoms with van der Waals surface area (Å²) in [5.74, 6) is 0. The summed E-state index contributed by atoms with van der Waals surface area (Å²) in [5, 5.41) is 0. The van der Waals surface area contributed by atoms with Crippen LogP contribution in [0, 0.1) is 0 Å². The summed E-state index contributed by atoms with van der Waals surface area (Å²) in [5.41, 5.74) is 7.37. The molecule has 0 aliphatic heterocycles. The lowest BCUT2D eigenvalue weighted by Gasteiger charge is -1.95. The first-order chi connectivity index (χ1) is 5.24. The lowest BCUT2D eigenvalue weighted by atomic mass is 10.3. The smallest absolute Gasteiger partial charge is 0.0992 e. The lowest BCUT2D eigenvalue weighted by Crippen LogP contribution is -2.02. The van der Waals surface area contributed by atoms with Crippen molar-refractivity contribution in [3.8, 4) is 0 Å². The molecule has 3 heteroatoms. The minimum atomic E-state index is 0.646. The van der Waals surface area contributed by atoms with Crippen LogP contribution in [0.3, 0.4) is 0 Å². The Balaban J connectivity index is 2.73. The summed E-state index contributed by atoms with van der Waals surface area (Å²) in [6.45, 7) is 6.37. The first kappa shape index (κ1) is 8.01. The highest BCUT2D eigenvalue weighted by molar-refractivity contribution is 5.37. The van der Waals surface area contributed by atoms with Crippen molar-refractivity contribution in [2.24, 2.45) is 5.73 Å². The van der Waals surface area contributed by atoms with E-state index >= 15 is 0 Å². The van der Waals surface area contributed by atoms with Gasteiger partial charge in [-0.05, 0) is 13.5 Å². The van der Waals surface area contributed by atoms with Gasteiger partial charge in [0.25, 0.3) is 0 Å². The van der Waals surface area contributed by atoms with Gasteiger partial charge in [-0.3, -0.25) is 0 Å². The summed E-state index contributed by atoms with van der Waals surface area (Å²) >= 11 is 0. The predicted octanol–water partition coefficient (Wildman–Crippen LogP) is 0.875. The van der Waals surface area contributed by atoms with Gasteiger partial charge in [0.1, 0.15) is 0 Å². The Morgan fingerprint density at radius 2 is 2.55 bits per heavy atom.